The zero-order chi connectivity index (χ0) is 30.1. The maximum absolute atomic E-state index is 14.0. The number of hydrogen-bond donors (Lipinski definition) is 1. The lowest BCUT2D eigenvalue weighted by Gasteiger charge is -2.29. The van der Waals surface area contributed by atoms with Crippen LogP contribution in [0.15, 0.2) is 59.4 Å². The van der Waals surface area contributed by atoms with Crippen molar-refractivity contribution < 1.29 is 22.7 Å². The molecule has 2 fully saturated rings. The first-order valence-corrected chi connectivity index (χ1v) is 15.0. The predicted octanol–water partition coefficient (Wildman–Crippen LogP) is 4.73. The fourth-order valence-corrected chi connectivity index (χ4v) is 6.80. The van der Waals surface area contributed by atoms with Crippen LogP contribution in [0.1, 0.15) is 36.8 Å². The highest BCUT2D eigenvalue weighted by Crippen LogP contribution is 2.37. The van der Waals surface area contributed by atoms with Crippen molar-refractivity contribution in [1.82, 2.24) is 19.9 Å². The monoisotopic (exact) mass is 612 g/mol. The number of thiazole rings is 1. The zero-order valence-electron chi connectivity index (χ0n) is 23.5. The molecule has 2 saturated heterocycles. The van der Waals surface area contributed by atoms with Crippen molar-refractivity contribution in [3.05, 3.63) is 76.1 Å². The van der Waals surface area contributed by atoms with Gasteiger partial charge in [0.15, 0.2) is 15.5 Å². The van der Waals surface area contributed by atoms with Crippen molar-refractivity contribution in [3.8, 4) is 5.75 Å². The van der Waals surface area contributed by atoms with Crippen LogP contribution in [-0.2, 0) is 17.9 Å². The van der Waals surface area contributed by atoms with E-state index in [0.29, 0.717) is 42.4 Å². The standard InChI is InChI=1S/C30H31F3N6O3S/c1-42-21-13-11-20(12-14-21)18-39-27(41)24-26(36-28(39)38-16-6-10-23(38)30(31,32)33)43-29(35-24)37-15-5-9-22(37)25(40)34-17-19-7-3-2-4-8-19/h2-4,7-8,11-14,22-23H,5-6,9-10,15-18H2,1H3,(H,34,40)/t22?,23-/m0/s1. The number of nitrogens with zero attached hydrogens (tertiary/aromatic N) is 5. The van der Waals surface area contributed by atoms with E-state index in [-0.39, 0.29) is 41.7 Å². The molecular weight excluding hydrogens is 581 g/mol. The Morgan fingerprint density at radius 2 is 1.72 bits per heavy atom. The molecule has 2 atom stereocenters. The topological polar surface area (TPSA) is 92.6 Å². The number of benzene rings is 2. The van der Waals surface area contributed by atoms with Crippen molar-refractivity contribution in [2.45, 2.75) is 57.0 Å². The molecule has 1 unspecified atom stereocenters. The summed E-state index contributed by atoms with van der Waals surface area (Å²) in [5, 5.41) is 3.45. The van der Waals surface area contributed by atoms with Gasteiger partial charge in [-0.25, -0.2) is 9.97 Å². The molecule has 2 aromatic carbocycles. The Labute approximate surface area is 249 Å². The molecule has 4 aromatic rings. The summed E-state index contributed by atoms with van der Waals surface area (Å²) < 4.78 is 48.6. The maximum atomic E-state index is 14.0. The third-order valence-corrected chi connectivity index (χ3v) is 8.97. The van der Waals surface area contributed by atoms with E-state index in [4.69, 9.17) is 4.74 Å². The van der Waals surface area contributed by atoms with Gasteiger partial charge in [-0.05, 0) is 48.9 Å². The van der Waals surface area contributed by atoms with Gasteiger partial charge in [0.05, 0.1) is 13.7 Å². The number of anilines is 2. The Morgan fingerprint density at radius 3 is 2.44 bits per heavy atom. The second-order valence-electron chi connectivity index (χ2n) is 10.7. The number of halogens is 3. The first kappa shape index (κ1) is 29.0. The van der Waals surface area contributed by atoms with Gasteiger partial charge in [-0.15, -0.1) is 0 Å². The van der Waals surface area contributed by atoms with Gasteiger partial charge in [0, 0.05) is 19.6 Å². The fourth-order valence-electron chi connectivity index (χ4n) is 5.80. The molecule has 0 radical (unpaired) electrons. The molecule has 1 amide bonds. The third kappa shape index (κ3) is 5.90. The number of ether oxygens (including phenoxy) is 1. The van der Waals surface area contributed by atoms with Crippen LogP contribution in [0.25, 0.3) is 10.3 Å². The molecule has 9 nitrogen and oxygen atoms in total. The summed E-state index contributed by atoms with van der Waals surface area (Å²) in [5.74, 6) is 0.455. The third-order valence-electron chi connectivity index (χ3n) is 7.99. The van der Waals surface area contributed by atoms with Gasteiger partial charge in [-0.3, -0.25) is 14.2 Å². The van der Waals surface area contributed by atoms with E-state index in [1.807, 2.05) is 35.2 Å². The van der Waals surface area contributed by atoms with Gasteiger partial charge in [0.2, 0.25) is 11.9 Å². The van der Waals surface area contributed by atoms with E-state index in [2.05, 4.69) is 15.3 Å². The number of rotatable bonds is 8. The molecule has 2 aliphatic rings. The minimum absolute atomic E-state index is 0.0171. The predicted molar refractivity (Wildman–Crippen MR) is 159 cm³/mol. The van der Waals surface area contributed by atoms with Crippen molar-refractivity contribution in [3.63, 3.8) is 0 Å². The van der Waals surface area contributed by atoms with E-state index in [1.165, 1.54) is 16.6 Å². The van der Waals surface area contributed by atoms with Crippen LogP contribution in [0.3, 0.4) is 0 Å². The Bertz CT molecular complexity index is 1660. The van der Waals surface area contributed by atoms with Crippen LogP contribution in [-0.4, -0.2) is 58.9 Å². The van der Waals surface area contributed by atoms with Crippen LogP contribution in [0.2, 0.25) is 0 Å². The van der Waals surface area contributed by atoms with Gasteiger partial charge < -0.3 is 19.9 Å². The number of alkyl halides is 3. The molecule has 0 spiro atoms. The molecule has 0 aliphatic carbocycles. The lowest BCUT2D eigenvalue weighted by atomic mass is 10.2. The van der Waals surface area contributed by atoms with Crippen LogP contribution in [0.5, 0.6) is 5.75 Å². The lowest BCUT2D eigenvalue weighted by Crippen LogP contribution is -2.44. The highest BCUT2D eigenvalue weighted by molar-refractivity contribution is 7.21. The fraction of sp³-hybridized carbons (Fsp3) is 0.400. The number of carbonyl (C=O) groups is 1. The first-order valence-electron chi connectivity index (χ1n) is 14.2. The smallest absolute Gasteiger partial charge is 0.408 e. The maximum Gasteiger partial charge on any atom is 0.408 e. The van der Waals surface area contributed by atoms with Gasteiger partial charge in [0.25, 0.3) is 5.56 Å². The minimum atomic E-state index is -4.47. The van der Waals surface area contributed by atoms with E-state index < -0.39 is 23.8 Å². The molecule has 2 aromatic heterocycles. The van der Waals surface area contributed by atoms with Gasteiger partial charge in [-0.2, -0.15) is 13.2 Å². The summed E-state index contributed by atoms with van der Waals surface area (Å²) >= 11 is 1.13. The number of amides is 1. The lowest BCUT2D eigenvalue weighted by molar-refractivity contribution is -0.146. The second kappa shape index (κ2) is 11.9. The number of carbonyl (C=O) groups excluding carboxylic acids is 1. The molecule has 2 aliphatic heterocycles. The summed E-state index contributed by atoms with van der Waals surface area (Å²) in [6.07, 6.45) is -2.81. The highest BCUT2D eigenvalue weighted by atomic mass is 32.1. The van der Waals surface area contributed by atoms with Crippen LogP contribution in [0.4, 0.5) is 24.3 Å². The van der Waals surface area contributed by atoms with Crippen LogP contribution >= 0.6 is 11.3 Å². The molecule has 1 N–H and O–H groups in total. The second-order valence-corrected chi connectivity index (χ2v) is 11.7. The Balaban J connectivity index is 1.35. The summed E-state index contributed by atoms with van der Waals surface area (Å²) in [6.45, 7) is 1.11. The zero-order valence-corrected chi connectivity index (χ0v) is 24.3. The normalized spacial score (nSPS) is 18.9. The number of hydrogen-bond acceptors (Lipinski definition) is 8. The van der Waals surface area contributed by atoms with Gasteiger partial charge in [0.1, 0.15) is 17.8 Å². The van der Waals surface area contributed by atoms with E-state index >= 15 is 0 Å². The van der Waals surface area contributed by atoms with Gasteiger partial charge >= 0.3 is 6.18 Å². The average Bonchev–Trinajstić information content (AvgIpc) is 3.77. The Kier molecular flexibility index (Phi) is 7.99. The molecule has 0 bridgehead atoms. The largest absolute Gasteiger partial charge is 0.497 e. The quantitative estimate of drug-likeness (QED) is 0.308. The first-order chi connectivity index (χ1) is 20.7. The molecule has 13 heteroatoms. The molecular formula is C30H31F3N6O3S. The number of nitrogens with one attached hydrogen (secondary N) is 1. The van der Waals surface area contributed by atoms with Crippen LogP contribution in [0, 0.1) is 0 Å². The Morgan fingerprint density at radius 1 is 1.00 bits per heavy atom. The SMILES string of the molecule is COc1ccc(Cn2c(N3CCC[C@H]3C(F)(F)F)nc3sc(N4CCCC4C(=O)NCc4ccccc4)nc3c2=O)cc1. The summed E-state index contributed by atoms with van der Waals surface area (Å²) in [6, 6.07) is 14.4. The summed E-state index contributed by atoms with van der Waals surface area (Å²) in [4.78, 5) is 39.7. The van der Waals surface area contributed by atoms with Crippen molar-refractivity contribution in [1.29, 1.82) is 0 Å². The van der Waals surface area contributed by atoms with Crippen LogP contribution < -0.4 is 25.4 Å². The minimum Gasteiger partial charge on any atom is -0.497 e. The Hall–Kier alpha value is -4.13. The number of aromatic nitrogens is 3. The van der Waals surface area contributed by atoms with Gasteiger partial charge in [-0.1, -0.05) is 53.8 Å². The number of fused-ring (bicyclic) bond motifs is 1. The molecule has 4 heterocycles. The average molecular weight is 613 g/mol. The summed E-state index contributed by atoms with van der Waals surface area (Å²) in [5.41, 5.74) is 1.25. The summed E-state index contributed by atoms with van der Waals surface area (Å²) in [7, 11) is 1.54. The van der Waals surface area contributed by atoms with Crippen molar-refractivity contribution in [2.75, 3.05) is 30.0 Å². The van der Waals surface area contributed by atoms with E-state index in [1.54, 1.807) is 24.3 Å². The highest BCUT2D eigenvalue weighted by Gasteiger charge is 2.47. The molecule has 226 valence electrons. The van der Waals surface area contributed by atoms with Crippen molar-refractivity contribution in [2.24, 2.45) is 0 Å². The van der Waals surface area contributed by atoms with Crippen molar-refractivity contribution >= 4 is 38.7 Å². The van der Waals surface area contributed by atoms with E-state index in [9.17, 15) is 22.8 Å². The molecule has 0 saturated carbocycles. The molecule has 43 heavy (non-hydrogen) atoms. The number of methoxy groups -OCH3 is 1. The van der Waals surface area contributed by atoms with E-state index in [0.717, 1.165) is 23.3 Å². The molecule has 6 rings (SSSR count).